The summed E-state index contributed by atoms with van der Waals surface area (Å²) in [5.74, 6) is -1.44. The van der Waals surface area contributed by atoms with Crippen molar-refractivity contribution in [3.8, 4) is 0 Å². The maximum absolute atomic E-state index is 12.7. The SMILES string of the molecule is O=C(O)C1CCCC(C(=O)NCC2(c3ccccc3Cl)CCOCC2)C1. The van der Waals surface area contributed by atoms with E-state index in [1.165, 1.54) is 0 Å². The smallest absolute Gasteiger partial charge is 0.306 e. The lowest BCUT2D eigenvalue weighted by Gasteiger charge is -2.39. The molecule has 2 N–H and O–H groups in total. The first-order valence-electron chi connectivity index (χ1n) is 9.35. The van der Waals surface area contributed by atoms with Crippen LogP contribution < -0.4 is 5.32 Å². The summed E-state index contributed by atoms with van der Waals surface area (Å²) in [5.41, 5.74) is 0.824. The minimum Gasteiger partial charge on any atom is -0.481 e. The van der Waals surface area contributed by atoms with Crippen molar-refractivity contribution in [2.45, 2.75) is 43.9 Å². The van der Waals surface area contributed by atoms with Gasteiger partial charge in [0.15, 0.2) is 0 Å². The predicted octanol–water partition coefficient (Wildman–Crippen LogP) is 3.40. The van der Waals surface area contributed by atoms with Gasteiger partial charge < -0.3 is 15.2 Å². The Labute approximate surface area is 159 Å². The molecule has 1 aromatic rings. The summed E-state index contributed by atoms with van der Waals surface area (Å²) in [4.78, 5) is 23.9. The number of aliphatic carboxylic acids is 1. The van der Waals surface area contributed by atoms with E-state index < -0.39 is 11.9 Å². The minimum atomic E-state index is -0.792. The van der Waals surface area contributed by atoms with Crippen LogP contribution in [0.5, 0.6) is 0 Å². The Bertz CT molecular complexity index is 657. The summed E-state index contributed by atoms with van der Waals surface area (Å²) in [5, 5.41) is 13.0. The molecule has 5 nitrogen and oxygen atoms in total. The first kappa shape index (κ1) is 19.2. The monoisotopic (exact) mass is 379 g/mol. The number of carbonyl (C=O) groups is 2. The molecular formula is C20H26ClNO4. The van der Waals surface area contributed by atoms with Crippen molar-refractivity contribution in [1.29, 1.82) is 0 Å². The van der Waals surface area contributed by atoms with Gasteiger partial charge in [-0.2, -0.15) is 0 Å². The third-order valence-corrected chi connectivity index (χ3v) is 6.22. The lowest BCUT2D eigenvalue weighted by Crippen LogP contribution is -2.46. The number of carboxylic acid groups (broad SMARTS) is 1. The van der Waals surface area contributed by atoms with Crippen LogP contribution in [-0.2, 0) is 19.7 Å². The maximum Gasteiger partial charge on any atom is 0.306 e. The van der Waals surface area contributed by atoms with Crippen LogP contribution in [0.1, 0.15) is 44.1 Å². The predicted molar refractivity (Wildman–Crippen MR) is 99.3 cm³/mol. The lowest BCUT2D eigenvalue weighted by atomic mass is 9.73. The molecule has 1 aliphatic carbocycles. The number of carbonyl (C=O) groups excluding carboxylic acids is 1. The molecule has 1 aromatic carbocycles. The van der Waals surface area contributed by atoms with Gasteiger partial charge in [0.25, 0.3) is 0 Å². The molecule has 2 unspecified atom stereocenters. The Morgan fingerprint density at radius 1 is 1.19 bits per heavy atom. The molecule has 3 rings (SSSR count). The van der Waals surface area contributed by atoms with Crippen LogP contribution in [-0.4, -0.2) is 36.7 Å². The van der Waals surface area contributed by atoms with Gasteiger partial charge in [-0.05, 0) is 43.7 Å². The van der Waals surface area contributed by atoms with E-state index in [9.17, 15) is 14.7 Å². The van der Waals surface area contributed by atoms with Gasteiger partial charge in [0.1, 0.15) is 0 Å². The van der Waals surface area contributed by atoms with E-state index in [2.05, 4.69) is 5.32 Å². The second-order valence-corrected chi connectivity index (χ2v) is 7.90. The number of hydrogen-bond acceptors (Lipinski definition) is 3. The second-order valence-electron chi connectivity index (χ2n) is 7.49. The van der Waals surface area contributed by atoms with Gasteiger partial charge in [-0.1, -0.05) is 36.2 Å². The fraction of sp³-hybridized carbons (Fsp3) is 0.600. The molecule has 0 bridgehead atoms. The van der Waals surface area contributed by atoms with Gasteiger partial charge in [0.05, 0.1) is 5.92 Å². The van der Waals surface area contributed by atoms with Crippen molar-refractivity contribution < 1.29 is 19.4 Å². The Morgan fingerprint density at radius 2 is 1.88 bits per heavy atom. The zero-order valence-corrected chi connectivity index (χ0v) is 15.6. The van der Waals surface area contributed by atoms with Gasteiger partial charge in [-0.3, -0.25) is 9.59 Å². The highest BCUT2D eigenvalue weighted by atomic mass is 35.5. The van der Waals surface area contributed by atoms with Gasteiger partial charge in [0, 0.05) is 36.1 Å². The van der Waals surface area contributed by atoms with E-state index in [0.717, 1.165) is 31.2 Å². The van der Waals surface area contributed by atoms with Crippen LogP contribution in [0.3, 0.4) is 0 Å². The number of halogens is 1. The van der Waals surface area contributed by atoms with Crippen molar-refractivity contribution >= 4 is 23.5 Å². The largest absolute Gasteiger partial charge is 0.481 e. The second kappa shape index (κ2) is 8.40. The summed E-state index contributed by atoms with van der Waals surface area (Å²) in [6, 6.07) is 7.79. The Hall–Kier alpha value is -1.59. The van der Waals surface area contributed by atoms with Crippen molar-refractivity contribution in [1.82, 2.24) is 5.32 Å². The van der Waals surface area contributed by atoms with Crippen LogP contribution >= 0.6 is 11.6 Å². The minimum absolute atomic E-state index is 0.0335. The van der Waals surface area contributed by atoms with E-state index in [4.69, 9.17) is 16.3 Å². The summed E-state index contributed by atoms with van der Waals surface area (Å²) in [6.45, 7) is 1.80. The van der Waals surface area contributed by atoms with Gasteiger partial charge in [-0.25, -0.2) is 0 Å². The van der Waals surface area contributed by atoms with Crippen LogP contribution in [0.15, 0.2) is 24.3 Å². The highest BCUT2D eigenvalue weighted by molar-refractivity contribution is 6.31. The number of nitrogens with one attached hydrogen (secondary N) is 1. The quantitative estimate of drug-likeness (QED) is 0.822. The standard InChI is InChI=1S/C20H26ClNO4/c21-17-7-2-1-6-16(17)20(8-10-26-11-9-20)13-22-18(23)14-4-3-5-15(12-14)19(24)25/h1-2,6-7,14-15H,3-5,8-13H2,(H,22,23)(H,24,25). The van der Waals surface area contributed by atoms with E-state index in [1.807, 2.05) is 24.3 Å². The first-order valence-corrected chi connectivity index (χ1v) is 9.73. The summed E-state index contributed by atoms with van der Waals surface area (Å²) in [7, 11) is 0. The number of carboxylic acids is 1. The van der Waals surface area contributed by atoms with Crippen molar-refractivity contribution in [3.63, 3.8) is 0 Å². The Balaban J connectivity index is 1.69. The third kappa shape index (κ3) is 4.21. The molecule has 26 heavy (non-hydrogen) atoms. The normalized spacial score (nSPS) is 25.4. The van der Waals surface area contributed by atoms with Gasteiger partial charge in [-0.15, -0.1) is 0 Å². The van der Waals surface area contributed by atoms with Crippen LogP contribution in [0.25, 0.3) is 0 Å². The Kier molecular flexibility index (Phi) is 6.20. The zero-order valence-electron chi connectivity index (χ0n) is 14.9. The molecule has 1 saturated heterocycles. The summed E-state index contributed by atoms with van der Waals surface area (Å²) >= 11 is 6.45. The number of benzene rings is 1. The molecule has 142 valence electrons. The first-order chi connectivity index (χ1) is 12.5. The van der Waals surface area contributed by atoms with Crippen molar-refractivity contribution in [2.24, 2.45) is 11.8 Å². The van der Waals surface area contributed by atoms with Crippen LogP contribution in [0.2, 0.25) is 5.02 Å². The molecule has 1 heterocycles. The number of hydrogen-bond donors (Lipinski definition) is 2. The molecule has 2 fully saturated rings. The van der Waals surface area contributed by atoms with Crippen molar-refractivity contribution in [2.75, 3.05) is 19.8 Å². The number of ether oxygens (including phenoxy) is 1. The van der Waals surface area contributed by atoms with E-state index in [0.29, 0.717) is 37.6 Å². The van der Waals surface area contributed by atoms with Crippen molar-refractivity contribution in [3.05, 3.63) is 34.9 Å². The molecule has 1 amide bonds. The number of amides is 1. The van der Waals surface area contributed by atoms with Gasteiger partial charge in [0.2, 0.25) is 5.91 Å². The lowest BCUT2D eigenvalue weighted by molar-refractivity contribution is -0.144. The van der Waals surface area contributed by atoms with Crippen LogP contribution in [0.4, 0.5) is 0 Å². The third-order valence-electron chi connectivity index (χ3n) is 5.89. The summed E-state index contributed by atoms with van der Waals surface area (Å²) in [6.07, 6.45) is 4.26. The van der Waals surface area contributed by atoms with E-state index in [-0.39, 0.29) is 17.2 Å². The Morgan fingerprint density at radius 3 is 2.58 bits per heavy atom. The molecule has 2 aliphatic rings. The van der Waals surface area contributed by atoms with Crippen LogP contribution in [0, 0.1) is 11.8 Å². The fourth-order valence-corrected chi connectivity index (χ4v) is 4.58. The van der Waals surface area contributed by atoms with E-state index in [1.54, 1.807) is 0 Å². The molecule has 0 aromatic heterocycles. The molecule has 1 saturated carbocycles. The molecule has 0 spiro atoms. The average Bonchev–Trinajstić information content (AvgIpc) is 2.67. The maximum atomic E-state index is 12.7. The highest BCUT2D eigenvalue weighted by Gasteiger charge is 2.37. The topological polar surface area (TPSA) is 75.6 Å². The summed E-state index contributed by atoms with van der Waals surface area (Å²) < 4.78 is 5.53. The van der Waals surface area contributed by atoms with E-state index >= 15 is 0 Å². The fourth-order valence-electron chi connectivity index (χ4n) is 4.25. The molecule has 6 heteroatoms. The molecular weight excluding hydrogens is 354 g/mol. The van der Waals surface area contributed by atoms with Gasteiger partial charge >= 0.3 is 5.97 Å². The molecule has 0 radical (unpaired) electrons. The molecule has 2 atom stereocenters. The highest BCUT2D eigenvalue weighted by Crippen LogP contribution is 2.38. The number of rotatable bonds is 5. The molecule has 1 aliphatic heterocycles. The average molecular weight is 380 g/mol. The zero-order chi connectivity index (χ0) is 18.6.